The molecule has 2 heterocycles. The number of aliphatic imine (C=N–C) groups is 1. The van der Waals surface area contributed by atoms with Crippen molar-refractivity contribution in [3.8, 4) is 0 Å². The van der Waals surface area contributed by atoms with E-state index in [2.05, 4.69) is 22.0 Å². The van der Waals surface area contributed by atoms with Crippen LogP contribution in [-0.4, -0.2) is 58.7 Å². The zero-order chi connectivity index (χ0) is 23.0. The van der Waals surface area contributed by atoms with Crippen LogP contribution in [0.3, 0.4) is 0 Å². The van der Waals surface area contributed by atoms with Crippen molar-refractivity contribution in [2.24, 2.45) is 10.7 Å². The summed E-state index contributed by atoms with van der Waals surface area (Å²) in [6, 6.07) is 8.14. The molecule has 0 aromatic heterocycles. The van der Waals surface area contributed by atoms with Gasteiger partial charge in [-0.25, -0.2) is 4.99 Å². The summed E-state index contributed by atoms with van der Waals surface area (Å²) in [4.78, 5) is 22.3. The molecule has 3 aliphatic rings. The van der Waals surface area contributed by atoms with Crippen LogP contribution in [-0.2, 0) is 4.79 Å². The monoisotopic (exact) mass is 500 g/mol. The van der Waals surface area contributed by atoms with Crippen molar-refractivity contribution in [3.63, 3.8) is 0 Å². The van der Waals surface area contributed by atoms with E-state index in [1.807, 2.05) is 56.8 Å². The van der Waals surface area contributed by atoms with Gasteiger partial charge in [0.25, 0.3) is 0 Å². The van der Waals surface area contributed by atoms with E-state index in [9.17, 15) is 4.79 Å². The van der Waals surface area contributed by atoms with Gasteiger partial charge in [0.2, 0.25) is 5.91 Å². The second-order valence-corrected chi connectivity index (χ2v) is 11.9. The maximum atomic E-state index is 12.6. The first-order valence-corrected chi connectivity index (χ1v) is 14.5. The molecule has 5 nitrogen and oxygen atoms in total. The molecule has 1 aromatic rings. The normalized spacial score (nSPS) is 21.5. The summed E-state index contributed by atoms with van der Waals surface area (Å²) in [6.45, 7) is 3.31. The first-order valence-electron chi connectivity index (χ1n) is 11.8. The van der Waals surface area contributed by atoms with Crippen LogP contribution in [0.1, 0.15) is 38.5 Å². The summed E-state index contributed by atoms with van der Waals surface area (Å²) in [7, 11) is 4.02. The van der Waals surface area contributed by atoms with Crippen LogP contribution in [0.4, 0.5) is 11.4 Å². The van der Waals surface area contributed by atoms with E-state index >= 15 is 0 Å². The van der Waals surface area contributed by atoms with Gasteiger partial charge in [-0.2, -0.15) is 0 Å². The lowest BCUT2D eigenvalue weighted by Gasteiger charge is -2.36. The fourth-order valence-corrected chi connectivity index (χ4v) is 7.59. The molecule has 1 atom stereocenters. The summed E-state index contributed by atoms with van der Waals surface area (Å²) < 4.78 is 0. The van der Waals surface area contributed by atoms with E-state index < -0.39 is 0 Å². The number of hydrogen-bond acceptors (Lipinski definition) is 6. The Kier molecular flexibility index (Phi) is 8.92. The summed E-state index contributed by atoms with van der Waals surface area (Å²) >= 11 is 5.39. The Hall–Kier alpha value is -1.77. The van der Waals surface area contributed by atoms with E-state index in [-0.39, 0.29) is 0 Å². The number of amidine groups is 1. The highest BCUT2D eigenvalue weighted by Crippen LogP contribution is 2.39. The minimum atomic E-state index is 0.313. The number of unbranched alkanes of at least 4 members (excludes halogenated alkanes) is 1. The predicted molar refractivity (Wildman–Crippen MR) is 148 cm³/mol. The van der Waals surface area contributed by atoms with Gasteiger partial charge in [-0.05, 0) is 43.5 Å². The molecule has 1 aromatic carbocycles. The zero-order valence-electron chi connectivity index (χ0n) is 18.9. The second-order valence-electron chi connectivity index (χ2n) is 8.59. The minimum Gasteiger partial charge on any atom is -0.383 e. The lowest BCUT2D eigenvalue weighted by atomic mass is 10.0. The molecular formula is C25H32N4OS3. The third-order valence-electron chi connectivity index (χ3n) is 6.27. The number of carbonyl (C=O) groups excluding carboxylic acids is 1. The number of carbonyl (C=O) groups is 1. The number of piperazine rings is 1. The molecule has 8 heteroatoms. The Balaban J connectivity index is 1.22. The zero-order valence-corrected chi connectivity index (χ0v) is 21.4. The van der Waals surface area contributed by atoms with Crippen LogP contribution in [0.25, 0.3) is 0 Å². The Morgan fingerprint density at radius 2 is 1.94 bits per heavy atom. The van der Waals surface area contributed by atoms with Crippen molar-refractivity contribution in [1.82, 2.24) is 4.90 Å². The largest absolute Gasteiger partial charge is 0.383 e. The summed E-state index contributed by atoms with van der Waals surface area (Å²) in [5, 5.41) is 0.807. The molecule has 2 N–H and O–H groups in total. The number of benzene rings is 1. The number of nitrogens with two attached hydrogens (primary N) is 1. The van der Waals surface area contributed by atoms with Crippen molar-refractivity contribution in [2.75, 3.05) is 36.8 Å². The fourth-order valence-electron chi connectivity index (χ4n) is 4.29. The smallest absolute Gasteiger partial charge is 0.222 e. The molecular weight excluding hydrogens is 469 g/mol. The number of nitrogens with zero attached hydrogens (tertiary/aromatic N) is 3. The molecule has 1 aliphatic carbocycles. The van der Waals surface area contributed by atoms with E-state index in [4.69, 9.17) is 18.0 Å². The van der Waals surface area contributed by atoms with E-state index in [1.165, 1.54) is 25.0 Å². The van der Waals surface area contributed by atoms with Gasteiger partial charge in [0.1, 0.15) is 5.84 Å². The predicted octanol–water partition coefficient (Wildman–Crippen LogP) is 5.29. The number of anilines is 1. The average Bonchev–Trinajstić information content (AvgIpc) is 3.36. The number of thiocarbonyl (C=S) groups is 1. The topological polar surface area (TPSA) is 61.9 Å². The molecule has 0 saturated carbocycles. The van der Waals surface area contributed by atoms with Crippen LogP contribution in [0.15, 0.2) is 53.1 Å². The highest BCUT2D eigenvalue weighted by Gasteiger charge is 2.21. The maximum absolute atomic E-state index is 12.6. The Morgan fingerprint density at radius 3 is 2.64 bits per heavy atom. The number of rotatable bonds is 8. The summed E-state index contributed by atoms with van der Waals surface area (Å²) in [5.41, 5.74) is 8.99. The molecule has 0 radical (unpaired) electrons. The van der Waals surface area contributed by atoms with Crippen LogP contribution in [0.5, 0.6) is 0 Å². The molecule has 0 bridgehead atoms. The molecule has 2 saturated heterocycles. The third kappa shape index (κ3) is 6.87. The molecule has 2 aliphatic heterocycles. The van der Waals surface area contributed by atoms with Gasteiger partial charge < -0.3 is 15.5 Å². The van der Waals surface area contributed by atoms with E-state index in [1.54, 1.807) is 0 Å². The number of hydrogen-bond donors (Lipinski definition) is 1. The first-order chi connectivity index (χ1) is 16.1. The first kappa shape index (κ1) is 24.4. The van der Waals surface area contributed by atoms with Crippen LogP contribution in [0.2, 0.25) is 0 Å². The minimum absolute atomic E-state index is 0.313. The second kappa shape index (κ2) is 12.1. The van der Waals surface area contributed by atoms with Crippen molar-refractivity contribution < 1.29 is 4.79 Å². The molecule has 2 fully saturated rings. The summed E-state index contributed by atoms with van der Waals surface area (Å²) in [5.74, 6) is 2.06. The van der Waals surface area contributed by atoms with Gasteiger partial charge in [0, 0.05) is 66.1 Å². The van der Waals surface area contributed by atoms with Crippen molar-refractivity contribution >= 4 is 61.8 Å². The molecule has 1 amide bonds. The van der Waals surface area contributed by atoms with E-state index in [0.29, 0.717) is 18.2 Å². The molecule has 4 rings (SSSR count). The lowest BCUT2D eigenvalue weighted by molar-refractivity contribution is -0.131. The molecule has 176 valence electrons. The van der Waals surface area contributed by atoms with Gasteiger partial charge in [0.05, 0.1) is 5.69 Å². The number of allylic oxidation sites excluding steroid dienone is 3. The Bertz CT molecular complexity index is 927. The van der Waals surface area contributed by atoms with Gasteiger partial charge in [0.15, 0.2) is 0 Å². The molecule has 1 unspecified atom stereocenters. The van der Waals surface area contributed by atoms with Gasteiger partial charge >= 0.3 is 0 Å². The quantitative estimate of drug-likeness (QED) is 0.172. The number of amides is 1. The van der Waals surface area contributed by atoms with Crippen molar-refractivity contribution in [2.45, 2.75) is 43.8 Å². The third-order valence-corrected chi connectivity index (χ3v) is 9.66. The van der Waals surface area contributed by atoms with Crippen LogP contribution in [0, 0.1) is 0 Å². The van der Waals surface area contributed by atoms with Crippen molar-refractivity contribution in [3.05, 3.63) is 48.1 Å². The summed E-state index contributed by atoms with van der Waals surface area (Å²) in [6.07, 6.45) is 12.1. The van der Waals surface area contributed by atoms with Gasteiger partial charge in [-0.15, -0.1) is 0 Å². The van der Waals surface area contributed by atoms with Crippen molar-refractivity contribution in [1.29, 1.82) is 0 Å². The Labute approximate surface area is 210 Å². The Morgan fingerprint density at radius 1 is 1.15 bits per heavy atom. The SMILES string of the molecule is NC(=Nc1ccc(N2CCN(C(=O)CCCCC3CCSS3)CC2)cc1)C1=CC=CCC1=S. The van der Waals surface area contributed by atoms with Gasteiger partial charge in [-0.3, -0.25) is 4.79 Å². The van der Waals surface area contributed by atoms with E-state index in [0.717, 1.165) is 66.1 Å². The molecule has 0 spiro atoms. The molecule has 33 heavy (non-hydrogen) atoms. The highest BCUT2D eigenvalue weighted by atomic mass is 33.1. The lowest BCUT2D eigenvalue weighted by Crippen LogP contribution is -2.48. The highest BCUT2D eigenvalue weighted by molar-refractivity contribution is 8.77. The maximum Gasteiger partial charge on any atom is 0.222 e. The van der Waals surface area contributed by atoms with Crippen LogP contribution < -0.4 is 10.6 Å². The fraction of sp³-hybridized carbons (Fsp3) is 0.480. The average molecular weight is 501 g/mol. The van der Waals surface area contributed by atoms with Crippen LogP contribution >= 0.6 is 33.8 Å². The standard InChI is InChI=1S/C25H32N4OS3/c26-25(22-6-2-3-7-23(22)31)27-19-9-11-20(12-10-19)28-14-16-29(17-15-28)24(30)8-4-1-5-21-13-18-32-33-21/h2-3,6,9-12,21H,1,4-5,7-8,13-18H2,(H2,26,27). The van der Waals surface area contributed by atoms with Gasteiger partial charge in [-0.1, -0.05) is 58.5 Å².